The van der Waals surface area contributed by atoms with Gasteiger partial charge >= 0.3 is 0 Å². The average molecular weight is 260 g/mol. The number of rotatable bonds is 2. The maximum atomic E-state index is 5.72. The Morgan fingerprint density at radius 2 is 2.16 bits per heavy atom. The largest absolute Gasteiger partial charge is 0.376 e. The number of hydrogen-bond donors (Lipinski definition) is 1. The number of hydrogen-bond acceptors (Lipinski definition) is 3. The Kier molecular flexibility index (Phi) is 3.87. The molecule has 0 radical (unpaired) electrons. The van der Waals surface area contributed by atoms with E-state index in [0.717, 1.165) is 32.7 Å². The van der Waals surface area contributed by atoms with Gasteiger partial charge in [0.1, 0.15) is 0 Å². The van der Waals surface area contributed by atoms with Crippen molar-refractivity contribution in [3.05, 3.63) is 35.4 Å². The molecule has 3 atom stereocenters. The van der Waals surface area contributed by atoms with E-state index in [1.807, 2.05) is 0 Å². The predicted octanol–water partition coefficient (Wildman–Crippen LogP) is 1.98. The molecular weight excluding hydrogens is 236 g/mol. The van der Waals surface area contributed by atoms with E-state index in [-0.39, 0.29) is 0 Å². The van der Waals surface area contributed by atoms with E-state index in [9.17, 15) is 0 Å². The average Bonchev–Trinajstić information content (AvgIpc) is 2.43. The summed E-state index contributed by atoms with van der Waals surface area (Å²) in [4.78, 5) is 2.56. The third-order valence-corrected chi connectivity index (χ3v) is 4.37. The van der Waals surface area contributed by atoms with Gasteiger partial charge in [-0.2, -0.15) is 0 Å². The molecule has 1 saturated heterocycles. The summed E-state index contributed by atoms with van der Waals surface area (Å²) in [7, 11) is 0. The predicted molar refractivity (Wildman–Crippen MR) is 77.3 cm³/mol. The van der Waals surface area contributed by atoms with Gasteiger partial charge < -0.3 is 10.1 Å². The number of ether oxygens (including phenoxy) is 1. The van der Waals surface area contributed by atoms with Crippen molar-refractivity contribution in [1.82, 2.24) is 10.2 Å². The van der Waals surface area contributed by atoms with E-state index in [2.05, 4.69) is 48.3 Å². The molecule has 3 heteroatoms. The fraction of sp³-hybridized carbons (Fsp3) is 0.625. The molecule has 0 spiro atoms. The number of benzene rings is 1. The van der Waals surface area contributed by atoms with Gasteiger partial charge in [-0.05, 0) is 37.9 Å². The molecule has 2 aliphatic rings. The molecule has 0 amide bonds. The highest BCUT2D eigenvalue weighted by atomic mass is 16.5. The van der Waals surface area contributed by atoms with Crippen LogP contribution < -0.4 is 5.32 Å². The fourth-order valence-corrected chi connectivity index (χ4v) is 3.22. The van der Waals surface area contributed by atoms with Crippen LogP contribution in [-0.4, -0.2) is 43.3 Å². The molecule has 1 aromatic rings. The van der Waals surface area contributed by atoms with Crippen LogP contribution in [0, 0.1) is 0 Å². The maximum absolute atomic E-state index is 5.72. The first-order valence-electron chi connectivity index (χ1n) is 7.41. The second-order valence-electron chi connectivity index (χ2n) is 5.90. The lowest BCUT2D eigenvalue weighted by Crippen LogP contribution is -2.50. The second-order valence-corrected chi connectivity index (χ2v) is 5.90. The molecule has 1 fully saturated rings. The molecule has 2 aliphatic heterocycles. The van der Waals surface area contributed by atoms with E-state index in [1.165, 1.54) is 11.1 Å². The second kappa shape index (κ2) is 5.61. The Hall–Kier alpha value is -0.900. The Balaban J connectivity index is 1.73. The molecule has 0 aliphatic carbocycles. The molecular formula is C16H24N2O. The molecule has 1 N–H and O–H groups in total. The molecule has 0 aromatic heterocycles. The van der Waals surface area contributed by atoms with Crippen LogP contribution in [0.3, 0.4) is 0 Å². The summed E-state index contributed by atoms with van der Waals surface area (Å²) < 4.78 is 5.72. The van der Waals surface area contributed by atoms with Crippen molar-refractivity contribution in [2.75, 3.05) is 26.2 Å². The van der Waals surface area contributed by atoms with Crippen molar-refractivity contribution in [1.29, 1.82) is 0 Å². The summed E-state index contributed by atoms with van der Waals surface area (Å²) in [5.41, 5.74) is 3.00. The minimum atomic E-state index is 0.357. The molecule has 104 valence electrons. The van der Waals surface area contributed by atoms with Gasteiger partial charge in [0.2, 0.25) is 0 Å². The smallest absolute Gasteiger partial charge is 0.0674 e. The number of nitrogens with one attached hydrogen (secondary N) is 1. The van der Waals surface area contributed by atoms with Crippen LogP contribution >= 0.6 is 0 Å². The minimum Gasteiger partial charge on any atom is -0.376 e. The molecule has 19 heavy (non-hydrogen) atoms. The van der Waals surface area contributed by atoms with E-state index in [1.54, 1.807) is 0 Å². The zero-order chi connectivity index (χ0) is 13.2. The fourth-order valence-electron chi connectivity index (χ4n) is 3.22. The normalized spacial score (nSPS) is 32.0. The van der Waals surface area contributed by atoms with E-state index >= 15 is 0 Å². The summed E-state index contributed by atoms with van der Waals surface area (Å²) in [6.45, 7) is 8.51. The zero-order valence-electron chi connectivity index (χ0n) is 11.9. The summed E-state index contributed by atoms with van der Waals surface area (Å²) >= 11 is 0. The van der Waals surface area contributed by atoms with Crippen LogP contribution in [-0.2, 0) is 11.2 Å². The third-order valence-electron chi connectivity index (χ3n) is 4.37. The van der Waals surface area contributed by atoms with E-state index < -0.39 is 0 Å². The lowest BCUT2D eigenvalue weighted by Gasteiger charge is -2.40. The van der Waals surface area contributed by atoms with Crippen molar-refractivity contribution in [2.45, 2.75) is 38.5 Å². The number of fused-ring (bicyclic) bond motifs is 1. The van der Waals surface area contributed by atoms with Gasteiger partial charge in [-0.25, -0.2) is 0 Å². The summed E-state index contributed by atoms with van der Waals surface area (Å²) in [6.07, 6.45) is 1.51. The summed E-state index contributed by atoms with van der Waals surface area (Å²) in [5.74, 6) is 0. The van der Waals surface area contributed by atoms with Gasteiger partial charge in [-0.3, -0.25) is 4.90 Å². The van der Waals surface area contributed by atoms with Gasteiger partial charge in [-0.1, -0.05) is 24.3 Å². The van der Waals surface area contributed by atoms with Crippen LogP contribution in [0.4, 0.5) is 0 Å². The molecule has 3 rings (SSSR count). The molecule has 3 unspecified atom stereocenters. The lowest BCUT2D eigenvalue weighted by atomic mass is 9.93. The van der Waals surface area contributed by atoms with E-state index in [0.29, 0.717) is 18.2 Å². The highest BCUT2D eigenvalue weighted by Crippen LogP contribution is 2.25. The van der Waals surface area contributed by atoms with Gasteiger partial charge in [0.15, 0.2) is 0 Å². The Morgan fingerprint density at radius 1 is 1.32 bits per heavy atom. The lowest BCUT2D eigenvalue weighted by molar-refractivity contribution is -0.0523. The van der Waals surface area contributed by atoms with Crippen molar-refractivity contribution < 1.29 is 4.74 Å². The molecule has 0 saturated carbocycles. The molecule has 2 heterocycles. The van der Waals surface area contributed by atoms with Crippen LogP contribution in [0.25, 0.3) is 0 Å². The number of nitrogens with zero attached hydrogens (tertiary/aromatic N) is 1. The van der Waals surface area contributed by atoms with Crippen molar-refractivity contribution in [3.63, 3.8) is 0 Å². The minimum absolute atomic E-state index is 0.357. The standard InChI is InChI=1S/C16H24N2O/c1-12-11-19-13(2)9-18(12)10-16-15-6-4-3-5-14(15)7-8-17-16/h3-6,12-13,16-17H,7-11H2,1-2H3. The first-order valence-corrected chi connectivity index (χ1v) is 7.41. The quantitative estimate of drug-likeness (QED) is 0.880. The SMILES string of the molecule is CC1CN(CC2NCCc3ccccc32)C(C)CO1. The van der Waals surface area contributed by atoms with Crippen LogP contribution in [0.2, 0.25) is 0 Å². The topological polar surface area (TPSA) is 24.5 Å². The van der Waals surface area contributed by atoms with Gasteiger partial charge in [0.25, 0.3) is 0 Å². The van der Waals surface area contributed by atoms with Gasteiger partial charge in [0, 0.05) is 25.2 Å². The maximum Gasteiger partial charge on any atom is 0.0674 e. The van der Waals surface area contributed by atoms with Crippen LogP contribution in [0.15, 0.2) is 24.3 Å². The van der Waals surface area contributed by atoms with Crippen LogP contribution in [0.1, 0.15) is 31.0 Å². The Labute approximate surface area is 115 Å². The molecule has 0 bridgehead atoms. The third kappa shape index (κ3) is 2.83. The first-order chi connectivity index (χ1) is 9.24. The van der Waals surface area contributed by atoms with Crippen molar-refractivity contribution in [2.24, 2.45) is 0 Å². The van der Waals surface area contributed by atoms with E-state index in [4.69, 9.17) is 4.74 Å². The summed E-state index contributed by atoms with van der Waals surface area (Å²) in [5, 5.41) is 3.68. The van der Waals surface area contributed by atoms with Crippen molar-refractivity contribution in [3.8, 4) is 0 Å². The van der Waals surface area contributed by atoms with Gasteiger partial charge in [-0.15, -0.1) is 0 Å². The number of morpholine rings is 1. The zero-order valence-corrected chi connectivity index (χ0v) is 11.9. The molecule has 3 nitrogen and oxygen atoms in total. The first kappa shape index (κ1) is 13.1. The Morgan fingerprint density at radius 3 is 3.05 bits per heavy atom. The van der Waals surface area contributed by atoms with Crippen molar-refractivity contribution >= 4 is 0 Å². The van der Waals surface area contributed by atoms with Gasteiger partial charge in [0.05, 0.1) is 12.7 Å². The highest BCUT2D eigenvalue weighted by molar-refractivity contribution is 5.32. The molecule has 1 aromatic carbocycles. The Bertz CT molecular complexity index is 435. The monoisotopic (exact) mass is 260 g/mol. The summed E-state index contributed by atoms with van der Waals surface area (Å²) in [6, 6.07) is 9.85. The highest BCUT2D eigenvalue weighted by Gasteiger charge is 2.28. The van der Waals surface area contributed by atoms with Crippen LogP contribution in [0.5, 0.6) is 0 Å².